The van der Waals surface area contributed by atoms with Gasteiger partial charge in [-0.2, -0.15) is 4.80 Å². The molecule has 2 aromatic heterocycles. The minimum absolute atomic E-state index is 0.00149. The van der Waals surface area contributed by atoms with Crippen LogP contribution in [-0.4, -0.2) is 26.1 Å². The molecular formula is C19H15N5OS. The van der Waals surface area contributed by atoms with Gasteiger partial charge in [-0.1, -0.05) is 54.6 Å². The molecule has 1 amide bonds. The van der Waals surface area contributed by atoms with Crippen molar-refractivity contribution in [3.63, 3.8) is 0 Å². The number of tetrazole rings is 1. The molecule has 0 unspecified atom stereocenters. The number of para-hydroxylation sites is 1. The smallest absolute Gasteiger partial charge is 0.248 e. The molecule has 0 aliphatic carbocycles. The van der Waals surface area contributed by atoms with Gasteiger partial charge in [-0.25, -0.2) is 0 Å². The van der Waals surface area contributed by atoms with Crippen LogP contribution in [0.2, 0.25) is 0 Å². The topological polar surface area (TPSA) is 72.7 Å². The standard InChI is InChI=1S/C19H15N5OS/c25-18(13-24-22-19(21-23-24)17-11-6-12-26-17)20-16-10-5-4-9-15(16)14-7-2-1-3-8-14/h1-12H,13H2,(H,20,25). The van der Waals surface area contributed by atoms with E-state index in [1.807, 2.05) is 72.1 Å². The third-order valence-electron chi connectivity index (χ3n) is 3.77. The van der Waals surface area contributed by atoms with Crippen molar-refractivity contribution in [1.29, 1.82) is 0 Å². The average molecular weight is 361 g/mol. The number of amides is 1. The fraction of sp³-hybridized carbons (Fsp3) is 0.0526. The molecule has 0 fully saturated rings. The Morgan fingerprint density at radius 3 is 2.62 bits per heavy atom. The lowest BCUT2D eigenvalue weighted by Crippen LogP contribution is -2.20. The molecule has 0 saturated heterocycles. The Morgan fingerprint density at radius 2 is 1.81 bits per heavy atom. The van der Waals surface area contributed by atoms with Crippen LogP contribution in [0.5, 0.6) is 0 Å². The first-order valence-corrected chi connectivity index (χ1v) is 8.93. The lowest BCUT2D eigenvalue weighted by molar-refractivity contribution is -0.117. The van der Waals surface area contributed by atoms with Gasteiger partial charge in [-0.05, 0) is 28.3 Å². The molecule has 0 radical (unpaired) electrons. The third kappa shape index (κ3) is 3.52. The van der Waals surface area contributed by atoms with E-state index in [0.29, 0.717) is 5.82 Å². The fourth-order valence-corrected chi connectivity index (χ4v) is 3.24. The number of thiophene rings is 1. The van der Waals surface area contributed by atoms with Gasteiger partial charge in [0.2, 0.25) is 11.7 Å². The first kappa shape index (κ1) is 16.2. The second kappa shape index (κ2) is 7.28. The number of hydrogen-bond donors (Lipinski definition) is 1. The summed E-state index contributed by atoms with van der Waals surface area (Å²) in [6, 6.07) is 21.5. The van der Waals surface area contributed by atoms with E-state index in [1.165, 1.54) is 16.1 Å². The number of carbonyl (C=O) groups excluding carboxylic acids is 1. The van der Waals surface area contributed by atoms with Crippen LogP contribution in [-0.2, 0) is 11.3 Å². The van der Waals surface area contributed by atoms with Crippen molar-refractivity contribution in [2.45, 2.75) is 6.54 Å². The summed E-state index contributed by atoms with van der Waals surface area (Å²) >= 11 is 1.53. The number of aromatic nitrogens is 4. The van der Waals surface area contributed by atoms with Gasteiger partial charge in [-0.15, -0.1) is 21.5 Å². The van der Waals surface area contributed by atoms with E-state index in [2.05, 4.69) is 20.7 Å². The molecule has 0 aliphatic rings. The van der Waals surface area contributed by atoms with Gasteiger partial charge in [0.25, 0.3) is 0 Å². The number of nitrogens with one attached hydrogen (secondary N) is 1. The molecule has 0 aliphatic heterocycles. The highest BCUT2D eigenvalue weighted by molar-refractivity contribution is 7.13. The second-order valence-electron chi connectivity index (χ2n) is 5.58. The van der Waals surface area contributed by atoms with Crippen molar-refractivity contribution < 1.29 is 4.79 Å². The van der Waals surface area contributed by atoms with Crippen molar-refractivity contribution >= 4 is 22.9 Å². The van der Waals surface area contributed by atoms with Crippen LogP contribution < -0.4 is 5.32 Å². The quantitative estimate of drug-likeness (QED) is 0.588. The Kier molecular flexibility index (Phi) is 4.53. The molecule has 6 nitrogen and oxygen atoms in total. The summed E-state index contributed by atoms with van der Waals surface area (Å²) < 4.78 is 0. The summed E-state index contributed by atoms with van der Waals surface area (Å²) in [6.07, 6.45) is 0. The zero-order valence-corrected chi connectivity index (χ0v) is 14.6. The molecule has 0 spiro atoms. The Bertz CT molecular complexity index is 1010. The van der Waals surface area contributed by atoms with E-state index >= 15 is 0 Å². The summed E-state index contributed by atoms with van der Waals surface area (Å²) in [7, 11) is 0. The second-order valence-corrected chi connectivity index (χ2v) is 6.53. The zero-order valence-electron chi connectivity index (χ0n) is 13.7. The van der Waals surface area contributed by atoms with E-state index in [9.17, 15) is 4.79 Å². The van der Waals surface area contributed by atoms with Gasteiger partial charge in [0.1, 0.15) is 6.54 Å². The van der Waals surface area contributed by atoms with Crippen molar-refractivity contribution in [2.75, 3.05) is 5.32 Å². The fourth-order valence-electron chi connectivity index (χ4n) is 2.59. The predicted molar refractivity (Wildman–Crippen MR) is 102 cm³/mol. The van der Waals surface area contributed by atoms with Gasteiger partial charge in [0.05, 0.1) is 4.88 Å². The summed E-state index contributed by atoms with van der Waals surface area (Å²) in [5.41, 5.74) is 2.76. The molecule has 2 heterocycles. The molecule has 4 aromatic rings. The summed E-state index contributed by atoms with van der Waals surface area (Å²) in [6.45, 7) is 0.00149. The Balaban J connectivity index is 1.49. The molecular weight excluding hydrogens is 346 g/mol. The minimum Gasteiger partial charge on any atom is -0.324 e. The van der Waals surface area contributed by atoms with Crippen molar-refractivity contribution in [3.8, 4) is 21.8 Å². The maximum atomic E-state index is 12.4. The highest BCUT2D eigenvalue weighted by Gasteiger charge is 2.12. The molecule has 128 valence electrons. The van der Waals surface area contributed by atoms with Crippen LogP contribution in [0, 0.1) is 0 Å². The van der Waals surface area contributed by atoms with E-state index in [0.717, 1.165) is 21.7 Å². The van der Waals surface area contributed by atoms with Crippen LogP contribution in [0.1, 0.15) is 0 Å². The van der Waals surface area contributed by atoms with Crippen LogP contribution in [0.4, 0.5) is 5.69 Å². The SMILES string of the molecule is O=C(Cn1nnc(-c2cccs2)n1)Nc1ccccc1-c1ccccc1. The van der Waals surface area contributed by atoms with Crippen molar-refractivity contribution in [2.24, 2.45) is 0 Å². The van der Waals surface area contributed by atoms with Crippen molar-refractivity contribution in [1.82, 2.24) is 20.2 Å². The van der Waals surface area contributed by atoms with Crippen LogP contribution in [0.15, 0.2) is 72.1 Å². The van der Waals surface area contributed by atoms with Crippen LogP contribution in [0.25, 0.3) is 21.8 Å². The molecule has 0 atom stereocenters. The monoisotopic (exact) mass is 361 g/mol. The summed E-state index contributed by atoms with van der Waals surface area (Å²) in [4.78, 5) is 14.6. The number of hydrogen-bond acceptors (Lipinski definition) is 5. The van der Waals surface area contributed by atoms with E-state index in [-0.39, 0.29) is 12.5 Å². The van der Waals surface area contributed by atoms with Crippen molar-refractivity contribution in [3.05, 3.63) is 72.1 Å². The van der Waals surface area contributed by atoms with E-state index in [4.69, 9.17) is 0 Å². The molecule has 0 saturated carbocycles. The number of benzene rings is 2. The largest absolute Gasteiger partial charge is 0.324 e. The number of nitrogens with zero attached hydrogens (tertiary/aromatic N) is 4. The van der Waals surface area contributed by atoms with Gasteiger partial charge in [0.15, 0.2) is 0 Å². The minimum atomic E-state index is -0.205. The molecule has 0 bridgehead atoms. The third-order valence-corrected chi connectivity index (χ3v) is 4.63. The Morgan fingerprint density at radius 1 is 1.00 bits per heavy atom. The normalized spacial score (nSPS) is 10.6. The highest BCUT2D eigenvalue weighted by Crippen LogP contribution is 2.27. The maximum Gasteiger partial charge on any atom is 0.248 e. The zero-order chi connectivity index (χ0) is 17.8. The van der Waals surface area contributed by atoms with Gasteiger partial charge in [0, 0.05) is 11.3 Å². The van der Waals surface area contributed by atoms with Gasteiger partial charge < -0.3 is 5.32 Å². The van der Waals surface area contributed by atoms with Crippen LogP contribution in [0.3, 0.4) is 0 Å². The summed E-state index contributed by atoms with van der Waals surface area (Å²) in [5, 5.41) is 17.1. The summed E-state index contributed by atoms with van der Waals surface area (Å²) in [5.74, 6) is 0.320. The van der Waals surface area contributed by atoms with Gasteiger partial charge >= 0.3 is 0 Å². The Hall–Kier alpha value is -3.32. The molecule has 7 heteroatoms. The predicted octanol–water partition coefficient (Wildman–Crippen LogP) is 3.71. The molecule has 1 N–H and O–H groups in total. The van der Waals surface area contributed by atoms with E-state index in [1.54, 1.807) is 0 Å². The first-order chi connectivity index (χ1) is 12.8. The molecule has 2 aromatic carbocycles. The molecule has 26 heavy (non-hydrogen) atoms. The van der Waals surface area contributed by atoms with Crippen LogP contribution >= 0.6 is 11.3 Å². The highest BCUT2D eigenvalue weighted by atomic mass is 32.1. The number of rotatable bonds is 5. The molecule has 4 rings (SSSR count). The lowest BCUT2D eigenvalue weighted by atomic mass is 10.0. The number of anilines is 1. The average Bonchev–Trinajstić information content (AvgIpc) is 3.34. The first-order valence-electron chi connectivity index (χ1n) is 8.05. The van der Waals surface area contributed by atoms with Gasteiger partial charge in [-0.3, -0.25) is 4.79 Å². The van der Waals surface area contributed by atoms with E-state index < -0.39 is 0 Å². The Labute approximate surface area is 154 Å². The maximum absolute atomic E-state index is 12.4. The lowest BCUT2D eigenvalue weighted by Gasteiger charge is -2.11. The number of carbonyl (C=O) groups is 1.